The van der Waals surface area contributed by atoms with E-state index < -0.39 is 0 Å². The molecule has 1 atom stereocenters. The number of methoxy groups -OCH3 is 1. The second kappa shape index (κ2) is 8.13. The summed E-state index contributed by atoms with van der Waals surface area (Å²) in [5.74, 6) is 3.53. The number of amides is 1. The predicted octanol–water partition coefficient (Wildman–Crippen LogP) is 3.67. The number of hydrogen-bond acceptors (Lipinski definition) is 5. The molecule has 0 N–H and O–H groups in total. The van der Waals surface area contributed by atoms with Gasteiger partial charge in [-0.25, -0.2) is 0 Å². The SMILES string of the molecule is COc1cccc(CC(=O)N2CCSC(c3ccc4c(c3)OCO4)CC2)c1. The molecule has 0 saturated carbocycles. The van der Waals surface area contributed by atoms with E-state index in [4.69, 9.17) is 14.2 Å². The fourth-order valence-corrected chi connectivity index (χ4v) is 4.69. The van der Waals surface area contributed by atoms with Crippen molar-refractivity contribution in [2.24, 2.45) is 0 Å². The lowest BCUT2D eigenvalue weighted by Crippen LogP contribution is -2.34. The van der Waals surface area contributed by atoms with Gasteiger partial charge in [0.2, 0.25) is 12.7 Å². The van der Waals surface area contributed by atoms with E-state index in [2.05, 4.69) is 12.1 Å². The van der Waals surface area contributed by atoms with Gasteiger partial charge in [-0.2, -0.15) is 11.8 Å². The van der Waals surface area contributed by atoms with E-state index >= 15 is 0 Å². The summed E-state index contributed by atoms with van der Waals surface area (Å²) in [7, 11) is 1.64. The summed E-state index contributed by atoms with van der Waals surface area (Å²) >= 11 is 1.91. The summed E-state index contributed by atoms with van der Waals surface area (Å²) in [6.07, 6.45) is 1.35. The Morgan fingerprint density at radius 3 is 2.96 bits per heavy atom. The van der Waals surface area contributed by atoms with Gasteiger partial charge in [-0.15, -0.1) is 0 Å². The lowest BCUT2D eigenvalue weighted by molar-refractivity contribution is -0.130. The number of thioether (sulfide) groups is 1. The van der Waals surface area contributed by atoms with Gasteiger partial charge in [0, 0.05) is 24.1 Å². The minimum absolute atomic E-state index is 0.176. The summed E-state index contributed by atoms with van der Waals surface area (Å²) < 4.78 is 16.1. The van der Waals surface area contributed by atoms with Crippen molar-refractivity contribution in [3.05, 3.63) is 53.6 Å². The molecule has 1 amide bonds. The number of nitrogens with zero attached hydrogens (tertiary/aromatic N) is 1. The molecule has 2 aliphatic rings. The number of hydrogen-bond donors (Lipinski definition) is 0. The molecular weight excluding hydrogens is 362 g/mol. The Morgan fingerprint density at radius 2 is 2.07 bits per heavy atom. The van der Waals surface area contributed by atoms with Crippen LogP contribution in [0, 0.1) is 0 Å². The van der Waals surface area contributed by atoms with Crippen LogP contribution in [0.3, 0.4) is 0 Å². The van der Waals surface area contributed by atoms with Crippen molar-refractivity contribution in [1.82, 2.24) is 4.90 Å². The van der Waals surface area contributed by atoms with Gasteiger partial charge in [0.05, 0.1) is 13.5 Å². The summed E-state index contributed by atoms with van der Waals surface area (Å²) in [6.45, 7) is 1.85. The van der Waals surface area contributed by atoms with E-state index in [0.717, 1.165) is 48.1 Å². The highest BCUT2D eigenvalue weighted by atomic mass is 32.2. The van der Waals surface area contributed by atoms with Crippen LogP contribution in [0.15, 0.2) is 42.5 Å². The molecule has 27 heavy (non-hydrogen) atoms. The highest BCUT2D eigenvalue weighted by Crippen LogP contribution is 2.40. The third-order valence-electron chi connectivity index (χ3n) is 4.95. The second-order valence-electron chi connectivity index (χ2n) is 6.67. The number of rotatable bonds is 4. The zero-order valence-electron chi connectivity index (χ0n) is 15.3. The van der Waals surface area contributed by atoms with Gasteiger partial charge < -0.3 is 19.1 Å². The fraction of sp³-hybridized carbons (Fsp3) is 0.381. The molecule has 5 nitrogen and oxygen atoms in total. The van der Waals surface area contributed by atoms with E-state index in [1.165, 1.54) is 5.56 Å². The number of carbonyl (C=O) groups is 1. The first-order chi connectivity index (χ1) is 13.2. The minimum atomic E-state index is 0.176. The van der Waals surface area contributed by atoms with Gasteiger partial charge in [-0.1, -0.05) is 18.2 Å². The van der Waals surface area contributed by atoms with Crippen LogP contribution in [0.4, 0.5) is 0 Å². The molecule has 0 spiro atoms. The van der Waals surface area contributed by atoms with Crippen LogP contribution in [0.25, 0.3) is 0 Å². The van der Waals surface area contributed by atoms with Crippen LogP contribution in [0.2, 0.25) is 0 Å². The van der Waals surface area contributed by atoms with Gasteiger partial charge in [0.1, 0.15) is 5.75 Å². The summed E-state index contributed by atoms with van der Waals surface area (Å²) in [5, 5.41) is 0.370. The van der Waals surface area contributed by atoms with Crippen molar-refractivity contribution in [2.75, 3.05) is 32.7 Å². The Kier molecular flexibility index (Phi) is 5.43. The summed E-state index contributed by atoms with van der Waals surface area (Å²) in [6, 6.07) is 13.9. The lowest BCUT2D eigenvalue weighted by atomic mass is 10.1. The Hall–Kier alpha value is -2.34. The Bertz CT molecular complexity index is 826. The average molecular weight is 385 g/mol. The van der Waals surface area contributed by atoms with Crippen molar-refractivity contribution in [3.8, 4) is 17.2 Å². The zero-order chi connectivity index (χ0) is 18.6. The molecular formula is C21H23NO4S. The molecule has 1 saturated heterocycles. The van der Waals surface area contributed by atoms with E-state index in [9.17, 15) is 4.79 Å². The van der Waals surface area contributed by atoms with Gasteiger partial charge in [-0.3, -0.25) is 4.79 Å². The maximum atomic E-state index is 12.8. The predicted molar refractivity (Wildman–Crippen MR) is 106 cm³/mol. The van der Waals surface area contributed by atoms with Crippen molar-refractivity contribution in [1.29, 1.82) is 0 Å². The molecule has 1 fully saturated rings. The quantitative estimate of drug-likeness (QED) is 0.804. The smallest absolute Gasteiger partial charge is 0.231 e. The molecule has 142 valence electrons. The third kappa shape index (κ3) is 4.16. The topological polar surface area (TPSA) is 48.0 Å². The summed E-state index contributed by atoms with van der Waals surface area (Å²) in [5.41, 5.74) is 2.23. The van der Waals surface area contributed by atoms with Crippen LogP contribution in [-0.4, -0.2) is 43.6 Å². The number of benzene rings is 2. The molecule has 2 heterocycles. The van der Waals surface area contributed by atoms with E-state index in [1.54, 1.807) is 7.11 Å². The molecule has 2 aliphatic heterocycles. The zero-order valence-corrected chi connectivity index (χ0v) is 16.2. The molecule has 2 aromatic rings. The Morgan fingerprint density at radius 1 is 1.19 bits per heavy atom. The van der Waals surface area contributed by atoms with Crippen LogP contribution in [0.5, 0.6) is 17.2 Å². The molecule has 4 rings (SSSR count). The molecule has 0 aromatic heterocycles. The molecule has 2 aromatic carbocycles. The third-order valence-corrected chi connectivity index (χ3v) is 6.28. The van der Waals surface area contributed by atoms with Crippen LogP contribution in [-0.2, 0) is 11.2 Å². The maximum absolute atomic E-state index is 12.8. The van der Waals surface area contributed by atoms with Crippen molar-refractivity contribution in [3.63, 3.8) is 0 Å². The van der Waals surface area contributed by atoms with Gasteiger partial charge >= 0.3 is 0 Å². The normalized spacial score (nSPS) is 18.9. The van der Waals surface area contributed by atoms with E-state index in [1.807, 2.05) is 47.0 Å². The number of ether oxygens (including phenoxy) is 3. The van der Waals surface area contributed by atoms with E-state index in [0.29, 0.717) is 18.5 Å². The molecule has 0 bridgehead atoms. The first kappa shape index (κ1) is 18.0. The number of carbonyl (C=O) groups excluding carboxylic acids is 1. The highest BCUT2D eigenvalue weighted by Gasteiger charge is 2.24. The first-order valence-electron chi connectivity index (χ1n) is 9.15. The van der Waals surface area contributed by atoms with Gasteiger partial charge in [0.15, 0.2) is 11.5 Å². The van der Waals surface area contributed by atoms with Crippen molar-refractivity contribution >= 4 is 17.7 Å². The van der Waals surface area contributed by atoms with Gasteiger partial charge in [-0.05, 0) is 41.8 Å². The molecule has 0 radical (unpaired) electrons. The Labute approximate surface area is 163 Å². The lowest BCUT2D eigenvalue weighted by Gasteiger charge is -2.20. The highest BCUT2D eigenvalue weighted by molar-refractivity contribution is 7.99. The monoisotopic (exact) mass is 385 g/mol. The van der Waals surface area contributed by atoms with Gasteiger partial charge in [0.25, 0.3) is 0 Å². The largest absolute Gasteiger partial charge is 0.497 e. The van der Waals surface area contributed by atoms with Crippen molar-refractivity contribution in [2.45, 2.75) is 18.1 Å². The van der Waals surface area contributed by atoms with Crippen LogP contribution >= 0.6 is 11.8 Å². The molecule has 1 unspecified atom stereocenters. The summed E-state index contributed by atoms with van der Waals surface area (Å²) in [4.78, 5) is 14.7. The molecule has 6 heteroatoms. The molecule has 0 aliphatic carbocycles. The maximum Gasteiger partial charge on any atom is 0.231 e. The van der Waals surface area contributed by atoms with E-state index in [-0.39, 0.29) is 5.91 Å². The first-order valence-corrected chi connectivity index (χ1v) is 10.2. The minimum Gasteiger partial charge on any atom is -0.497 e. The second-order valence-corrected chi connectivity index (χ2v) is 7.98. The average Bonchev–Trinajstić information content (AvgIpc) is 3.02. The van der Waals surface area contributed by atoms with Crippen LogP contribution < -0.4 is 14.2 Å². The number of fused-ring (bicyclic) bond motifs is 1. The van der Waals surface area contributed by atoms with Crippen LogP contribution in [0.1, 0.15) is 22.8 Å². The Balaban J connectivity index is 1.38. The van der Waals surface area contributed by atoms with Crippen molar-refractivity contribution < 1.29 is 19.0 Å². The fourth-order valence-electron chi connectivity index (χ4n) is 3.47. The standard InChI is InChI=1S/C21H23NO4S/c1-24-17-4-2-3-15(11-17)12-21(23)22-8-7-20(27-10-9-22)16-5-6-18-19(13-16)26-14-25-18/h2-6,11,13,20H,7-10,12,14H2,1H3.